The number of hydrogen-bond donors (Lipinski definition) is 2. The van der Waals surface area contributed by atoms with Gasteiger partial charge in [-0.15, -0.1) is 11.3 Å². The molecule has 0 atom stereocenters. The second kappa shape index (κ2) is 6.53. The molecule has 20 heavy (non-hydrogen) atoms. The number of amides is 1. The van der Waals surface area contributed by atoms with Crippen molar-refractivity contribution in [1.82, 2.24) is 4.98 Å². The van der Waals surface area contributed by atoms with Gasteiger partial charge in [-0.25, -0.2) is 4.98 Å². The summed E-state index contributed by atoms with van der Waals surface area (Å²) in [5.41, 5.74) is 6.96. The van der Waals surface area contributed by atoms with E-state index in [4.69, 9.17) is 17.3 Å². The normalized spacial score (nSPS) is 9.75. The van der Waals surface area contributed by atoms with Crippen LogP contribution in [0.25, 0.3) is 0 Å². The third-order valence-electron chi connectivity index (χ3n) is 2.41. The fourth-order valence-electron chi connectivity index (χ4n) is 1.53. The van der Waals surface area contributed by atoms with E-state index in [0.29, 0.717) is 22.0 Å². The number of aromatic nitrogens is 1. The van der Waals surface area contributed by atoms with Crippen LogP contribution in [-0.2, 0) is 0 Å². The van der Waals surface area contributed by atoms with Gasteiger partial charge < -0.3 is 11.1 Å². The summed E-state index contributed by atoms with van der Waals surface area (Å²) < 4.78 is 0. The Morgan fingerprint density at radius 1 is 1.55 bits per heavy atom. The Labute approximate surface area is 126 Å². The summed E-state index contributed by atoms with van der Waals surface area (Å²) in [7, 11) is 0. The molecular formula is C14H12ClN3OS. The van der Waals surface area contributed by atoms with E-state index in [9.17, 15) is 4.79 Å². The van der Waals surface area contributed by atoms with E-state index in [1.165, 1.54) is 11.3 Å². The van der Waals surface area contributed by atoms with Crippen molar-refractivity contribution < 1.29 is 4.79 Å². The molecule has 6 heteroatoms. The first-order chi connectivity index (χ1) is 9.60. The maximum Gasteiger partial charge on any atom is 0.275 e. The van der Waals surface area contributed by atoms with E-state index < -0.39 is 0 Å². The largest absolute Gasteiger partial charge is 0.320 e. The number of nitrogens with two attached hydrogens (primary N) is 1. The average molecular weight is 306 g/mol. The van der Waals surface area contributed by atoms with Gasteiger partial charge in [0.2, 0.25) is 0 Å². The summed E-state index contributed by atoms with van der Waals surface area (Å²) >= 11 is 7.36. The first-order valence-corrected chi connectivity index (χ1v) is 7.08. The molecule has 0 saturated carbocycles. The Morgan fingerprint density at radius 2 is 2.35 bits per heavy atom. The van der Waals surface area contributed by atoms with Gasteiger partial charge in [0.15, 0.2) is 0 Å². The van der Waals surface area contributed by atoms with Crippen molar-refractivity contribution in [1.29, 1.82) is 0 Å². The number of anilines is 1. The monoisotopic (exact) mass is 305 g/mol. The van der Waals surface area contributed by atoms with Gasteiger partial charge in [0.05, 0.1) is 17.2 Å². The third kappa shape index (κ3) is 3.58. The number of hydrogen-bond acceptors (Lipinski definition) is 4. The molecule has 1 heterocycles. The highest BCUT2D eigenvalue weighted by Crippen LogP contribution is 2.21. The van der Waals surface area contributed by atoms with Crippen LogP contribution in [-0.4, -0.2) is 17.4 Å². The molecule has 3 N–H and O–H groups in total. The Balaban J connectivity index is 2.26. The van der Waals surface area contributed by atoms with Gasteiger partial charge in [0.25, 0.3) is 5.91 Å². The minimum atomic E-state index is -0.271. The van der Waals surface area contributed by atoms with Crippen LogP contribution in [0.5, 0.6) is 0 Å². The number of rotatable bonds is 2. The number of thiazole rings is 1. The summed E-state index contributed by atoms with van der Waals surface area (Å²) in [5.74, 6) is 5.36. The maximum absolute atomic E-state index is 12.1. The molecule has 4 nitrogen and oxygen atoms in total. The van der Waals surface area contributed by atoms with E-state index in [2.05, 4.69) is 22.1 Å². The van der Waals surface area contributed by atoms with Gasteiger partial charge in [0.1, 0.15) is 5.69 Å². The van der Waals surface area contributed by atoms with Crippen molar-refractivity contribution in [3.05, 3.63) is 44.9 Å². The molecule has 1 aromatic heterocycles. The first-order valence-electron chi connectivity index (χ1n) is 5.82. The lowest BCUT2D eigenvalue weighted by Gasteiger charge is -2.06. The molecule has 0 aliphatic rings. The number of nitrogens with one attached hydrogen (secondary N) is 1. The standard InChI is InChI=1S/C14H12ClN3OS/c1-9-17-13(8-20-9)14(19)18-12-5-4-11(15)7-10(12)3-2-6-16/h4-5,7-8H,6,16H2,1H3,(H,18,19). The molecule has 2 aromatic rings. The van der Waals surface area contributed by atoms with Gasteiger partial charge in [-0.05, 0) is 25.1 Å². The van der Waals surface area contributed by atoms with Gasteiger partial charge >= 0.3 is 0 Å². The highest BCUT2D eigenvalue weighted by Gasteiger charge is 2.11. The molecule has 0 spiro atoms. The molecule has 102 valence electrons. The minimum Gasteiger partial charge on any atom is -0.320 e. The Hall–Kier alpha value is -1.87. The molecule has 0 radical (unpaired) electrons. The number of aryl methyl sites for hydroxylation is 1. The van der Waals surface area contributed by atoms with Crippen molar-refractivity contribution >= 4 is 34.5 Å². The van der Waals surface area contributed by atoms with E-state index in [1.54, 1.807) is 23.6 Å². The zero-order valence-corrected chi connectivity index (χ0v) is 12.3. The quantitative estimate of drug-likeness (QED) is 0.838. The minimum absolute atomic E-state index is 0.241. The number of carbonyl (C=O) groups is 1. The molecule has 1 amide bonds. The van der Waals surface area contributed by atoms with Gasteiger partial charge in [-0.1, -0.05) is 23.4 Å². The topological polar surface area (TPSA) is 68.0 Å². The van der Waals surface area contributed by atoms with E-state index in [-0.39, 0.29) is 12.5 Å². The molecule has 1 aromatic carbocycles. The summed E-state index contributed by atoms with van der Waals surface area (Å²) in [6.45, 7) is 2.09. The summed E-state index contributed by atoms with van der Waals surface area (Å²) in [6.07, 6.45) is 0. The zero-order chi connectivity index (χ0) is 14.5. The maximum atomic E-state index is 12.1. The molecule has 0 aliphatic carbocycles. The SMILES string of the molecule is Cc1nc(C(=O)Nc2ccc(Cl)cc2C#CCN)cs1. The van der Waals surface area contributed by atoms with Crippen molar-refractivity contribution in [3.8, 4) is 11.8 Å². The number of nitrogens with zero attached hydrogens (tertiary/aromatic N) is 1. The lowest BCUT2D eigenvalue weighted by atomic mass is 10.1. The van der Waals surface area contributed by atoms with E-state index in [0.717, 1.165) is 5.01 Å². The van der Waals surface area contributed by atoms with Crippen molar-refractivity contribution in [3.63, 3.8) is 0 Å². The van der Waals surface area contributed by atoms with Gasteiger partial charge in [-0.3, -0.25) is 4.79 Å². The second-order valence-electron chi connectivity index (χ2n) is 3.90. The van der Waals surface area contributed by atoms with Crippen LogP contribution in [0, 0.1) is 18.8 Å². The van der Waals surface area contributed by atoms with Crippen LogP contribution in [0.3, 0.4) is 0 Å². The molecule has 0 saturated heterocycles. The molecule has 0 unspecified atom stereocenters. The number of halogens is 1. The lowest BCUT2D eigenvalue weighted by Crippen LogP contribution is -2.13. The molecule has 0 fully saturated rings. The van der Waals surface area contributed by atoms with Crippen LogP contribution in [0.2, 0.25) is 5.02 Å². The zero-order valence-electron chi connectivity index (χ0n) is 10.7. The van der Waals surface area contributed by atoms with E-state index in [1.807, 2.05) is 6.92 Å². The predicted octanol–water partition coefficient (Wildman–Crippen LogP) is 2.67. The summed E-state index contributed by atoms with van der Waals surface area (Å²) in [6, 6.07) is 5.09. The Morgan fingerprint density at radius 3 is 3.00 bits per heavy atom. The van der Waals surface area contributed by atoms with E-state index >= 15 is 0 Å². The Bertz CT molecular complexity index is 700. The van der Waals surface area contributed by atoms with Crippen LogP contribution in [0.4, 0.5) is 5.69 Å². The number of benzene rings is 1. The fraction of sp³-hybridized carbons (Fsp3) is 0.143. The van der Waals surface area contributed by atoms with Crippen molar-refractivity contribution in [2.45, 2.75) is 6.92 Å². The molecular weight excluding hydrogens is 294 g/mol. The summed E-state index contributed by atoms with van der Waals surface area (Å²) in [4.78, 5) is 16.2. The second-order valence-corrected chi connectivity index (χ2v) is 5.40. The lowest BCUT2D eigenvalue weighted by molar-refractivity contribution is 0.102. The first kappa shape index (κ1) is 14.5. The van der Waals surface area contributed by atoms with Gasteiger partial charge in [-0.2, -0.15) is 0 Å². The van der Waals surface area contributed by atoms with Crippen molar-refractivity contribution in [2.24, 2.45) is 5.73 Å². The van der Waals surface area contributed by atoms with Crippen molar-refractivity contribution in [2.75, 3.05) is 11.9 Å². The predicted molar refractivity (Wildman–Crippen MR) is 82.2 cm³/mol. The van der Waals surface area contributed by atoms with Crippen LogP contribution in [0.15, 0.2) is 23.6 Å². The highest BCUT2D eigenvalue weighted by atomic mass is 35.5. The summed E-state index contributed by atoms with van der Waals surface area (Å²) in [5, 5.41) is 5.89. The smallest absolute Gasteiger partial charge is 0.275 e. The number of carbonyl (C=O) groups excluding carboxylic acids is 1. The molecule has 2 rings (SSSR count). The average Bonchev–Trinajstić information content (AvgIpc) is 2.85. The van der Waals surface area contributed by atoms with Crippen LogP contribution >= 0.6 is 22.9 Å². The molecule has 0 aliphatic heterocycles. The van der Waals surface area contributed by atoms with Gasteiger partial charge in [0, 0.05) is 16.0 Å². The fourth-order valence-corrected chi connectivity index (χ4v) is 2.29. The highest BCUT2D eigenvalue weighted by molar-refractivity contribution is 7.09. The molecule has 0 bridgehead atoms. The Kier molecular flexibility index (Phi) is 4.74. The van der Waals surface area contributed by atoms with Crippen LogP contribution in [0.1, 0.15) is 21.1 Å². The van der Waals surface area contributed by atoms with Crippen LogP contribution < -0.4 is 11.1 Å². The third-order valence-corrected chi connectivity index (χ3v) is 3.42.